The Bertz CT molecular complexity index is 504. The minimum Gasteiger partial charge on any atom is -0.356 e. The highest BCUT2D eigenvalue weighted by Crippen LogP contribution is 2.27. The number of carbonyl (C=O) groups excluding carboxylic acids is 1. The molecule has 1 amide bonds. The average molecular weight is 320 g/mol. The molecule has 0 radical (unpaired) electrons. The standard InChI is InChI=1S/C13H19F3N4O2/c1-9(21)17-6-5-10-4-2-3-7-20(10)8-11-18-12(19-22-11)13(14,15)16/h10H,2-8H2,1H3,(H,17,21)/t10-/m1/s1. The second-order valence-corrected chi connectivity index (χ2v) is 5.40. The van der Waals surface area contributed by atoms with Gasteiger partial charge in [-0.3, -0.25) is 9.69 Å². The molecule has 9 heteroatoms. The number of halogens is 3. The Morgan fingerprint density at radius 2 is 2.23 bits per heavy atom. The third-order valence-corrected chi connectivity index (χ3v) is 3.66. The van der Waals surface area contributed by atoms with Crippen molar-refractivity contribution < 1.29 is 22.5 Å². The van der Waals surface area contributed by atoms with Crippen molar-refractivity contribution in [2.75, 3.05) is 13.1 Å². The summed E-state index contributed by atoms with van der Waals surface area (Å²) in [6.07, 6.45) is -0.843. The highest BCUT2D eigenvalue weighted by Gasteiger charge is 2.37. The number of piperidine rings is 1. The molecule has 1 aromatic heterocycles. The third-order valence-electron chi connectivity index (χ3n) is 3.66. The van der Waals surface area contributed by atoms with Crippen LogP contribution in [0, 0.1) is 0 Å². The fourth-order valence-electron chi connectivity index (χ4n) is 2.62. The summed E-state index contributed by atoms with van der Waals surface area (Å²) in [6.45, 7) is 2.98. The average Bonchev–Trinajstić information content (AvgIpc) is 2.89. The van der Waals surface area contributed by atoms with Crippen LogP contribution in [-0.4, -0.2) is 40.1 Å². The van der Waals surface area contributed by atoms with Crippen LogP contribution in [0.15, 0.2) is 4.52 Å². The first-order chi connectivity index (χ1) is 10.4. The lowest BCUT2D eigenvalue weighted by atomic mass is 9.99. The number of rotatable bonds is 5. The van der Waals surface area contributed by atoms with Gasteiger partial charge in [-0.15, -0.1) is 0 Å². The van der Waals surface area contributed by atoms with Gasteiger partial charge in [0.25, 0.3) is 5.82 Å². The van der Waals surface area contributed by atoms with Gasteiger partial charge in [-0.2, -0.15) is 18.2 Å². The Morgan fingerprint density at radius 1 is 1.45 bits per heavy atom. The molecule has 1 aliphatic heterocycles. The van der Waals surface area contributed by atoms with Crippen molar-refractivity contribution in [3.05, 3.63) is 11.7 Å². The van der Waals surface area contributed by atoms with Gasteiger partial charge in [0, 0.05) is 19.5 Å². The molecule has 0 bridgehead atoms. The summed E-state index contributed by atoms with van der Waals surface area (Å²) in [5.41, 5.74) is 0. The zero-order valence-electron chi connectivity index (χ0n) is 12.3. The number of carbonyl (C=O) groups is 1. The molecule has 0 spiro atoms. The van der Waals surface area contributed by atoms with Crippen LogP contribution in [0.2, 0.25) is 0 Å². The molecule has 0 aromatic carbocycles. The lowest BCUT2D eigenvalue weighted by Crippen LogP contribution is -2.41. The Hall–Kier alpha value is -1.64. The van der Waals surface area contributed by atoms with Gasteiger partial charge in [0.2, 0.25) is 11.8 Å². The highest BCUT2D eigenvalue weighted by molar-refractivity contribution is 5.72. The van der Waals surface area contributed by atoms with Crippen molar-refractivity contribution in [1.82, 2.24) is 20.4 Å². The summed E-state index contributed by atoms with van der Waals surface area (Å²) in [5.74, 6) is -1.36. The van der Waals surface area contributed by atoms with Crippen molar-refractivity contribution in [1.29, 1.82) is 0 Å². The summed E-state index contributed by atoms with van der Waals surface area (Å²) in [4.78, 5) is 16.3. The summed E-state index contributed by atoms with van der Waals surface area (Å²) >= 11 is 0. The van der Waals surface area contributed by atoms with Crippen molar-refractivity contribution in [2.24, 2.45) is 0 Å². The van der Waals surface area contributed by atoms with Gasteiger partial charge < -0.3 is 9.84 Å². The predicted molar refractivity (Wildman–Crippen MR) is 70.6 cm³/mol. The summed E-state index contributed by atoms with van der Waals surface area (Å²) in [7, 11) is 0. The molecule has 0 aliphatic carbocycles. The van der Waals surface area contributed by atoms with Crippen LogP contribution >= 0.6 is 0 Å². The van der Waals surface area contributed by atoms with E-state index in [9.17, 15) is 18.0 Å². The molecule has 1 saturated heterocycles. The summed E-state index contributed by atoms with van der Waals surface area (Å²) in [5, 5.41) is 5.70. The fourth-order valence-corrected chi connectivity index (χ4v) is 2.62. The molecular formula is C13H19F3N4O2. The normalized spacial score (nSPS) is 20.1. The molecule has 1 N–H and O–H groups in total. The Balaban J connectivity index is 1.93. The number of alkyl halides is 3. The van der Waals surface area contributed by atoms with Crippen LogP contribution in [0.1, 0.15) is 44.3 Å². The van der Waals surface area contributed by atoms with Crippen molar-refractivity contribution in [2.45, 2.75) is 51.4 Å². The molecule has 2 rings (SSSR count). The van der Waals surface area contributed by atoms with E-state index in [2.05, 4.69) is 15.5 Å². The molecule has 0 unspecified atom stereocenters. The maximum absolute atomic E-state index is 12.5. The number of aromatic nitrogens is 2. The Labute approximate surface area is 126 Å². The van der Waals surface area contributed by atoms with E-state index in [1.54, 1.807) is 0 Å². The van der Waals surface area contributed by atoms with E-state index in [1.807, 2.05) is 4.90 Å². The van der Waals surface area contributed by atoms with E-state index < -0.39 is 12.0 Å². The Kier molecular flexibility index (Phi) is 5.38. The Morgan fingerprint density at radius 3 is 2.86 bits per heavy atom. The lowest BCUT2D eigenvalue weighted by molar-refractivity contribution is -0.146. The number of likely N-dealkylation sites (tertiary alicyclic amines) is 1. The number of hydrogen-bond acceptors (Lipinski definition) is 5. The predicted octanol–water partition coefficient (Wildman–Crippen LogP) is 1.97. The summed E-state index contributed by atoms with van der Waals surface area (Å²) in [6, 6.07) is 0.196. The van der Waals surface area contributed by atoms with Gasteiger partial charge in [0.15, 0.2) is 0 Å². The first kappa shape index (κ1) is 16.7. The van der Waals surface area contributed by atoms with E-state index in [0.29, 0.717) is 6.54 Å². The van der Waals surface area contributed by atoms with Crippen molar-refractivity contribution in [3.8, 4) is 0 Å². The second kappa shape index (κ2) is 7.08. The van der Waals surface area contributed by atoms with Gasteiger partial charge in [0.1, 0.15) is 0 Å². The number of nitrogens with one attached hydrogen (secondary N) is 1. The van der Waals surface area contributed by atoms with Crippen LogP contribution in [0.3, 0.4) is 0 Å². The van der Waals surface area contributed by atoms with Crippen LogP contribution in [0.5, 0.6) is 0 Å². The van der Waals surface area contributed by atoms with Gasteiger partial charge in [0.05, 0.1) is 6.54 Å². The molecule has 6 nitrogen and oxygen atoms in total. The maximum atomic E-state index is 12.5. The van der Waals surface area contributed by atoms with Crippen molar-refractivity contribution >= 4 is 5.91 Å². The molecular weight excluding hydrogens is 301 g/mol. The number of nitrogens with zero attached hydrogens (tertiary/aromatic N) is 3. The maximum Gasteiger partial charge on any atom is 0.455 e. The molecule has 0 saturated carbocycles. The quantitative estimate of drug-likeness (QED) is 0.898. The minimum atomic E-state index is -4.59. The SMILES string of the molecule is CC(=O)NCC[C@H]1CCCCN1Cc1nc(C(F)(F)F)no1. The molecule has 1 aliphatic rings. The van der Waals surface area contributed by atoms with Gasteiger partial charge >= 0.3 is 6.18 Å². The van der Waals surface area contributed by atoms with Crippen LogP contribution in [0.25, 0.3) is 0 Å². The van der Waals surface area contributed by atoms with E-state index in [-0.39, 0.29) is 24.4 Å². The zero-order chi connectivity index (χ0) is 16.2. The van der Waals surface area contributed by atoms with E-state index in [4.69, 9.17) is 4.52 Å². The highest BCUT2D eigenvalue weighted by atomic mass is 19.4. The minimum absolute atomic E-state index is 0.0289. The largest absolute Gasteiger partial charge is 0.455 e. The molecule has 1 atom stereocenters. The molecule has 1 fully saturated rings. The topological polar surface area (TPSA) is 71.3 Å². The van der Waals surface area contributed by atoms with Crippen molar-refractivity contribution in [3.63, 3.8) is 0 Å². The van der Waals surface area contributed by atoms with Crippen LogP contribution in [0.4, 0.5) is 13.2 Å². The lowest BCUT2D eigenvalue weighted by Gasteiger charge is -2.34. The first-order valence-corrected chi connectivity index (χ1v) is 7.24. The van der Waals surface area contributed by atoms with E-state index >= 15 is 0 Å². The summed E-state index contributed by atoms with van der Waals surface area (Å²) < 4.78 is 42.1. The third kappa shape index (κ3) is 4.69. The second-order valence-electron chi connectivity index (χ2n) is 5.40. The van der Waals surface area contributed by atoms with Gasteiger partial charge in [-0.1, -0.05) is 11.6 Å². The molecule has 1 aromatic rings. The number of hydrogen-bond donors (Lipinski definition) is 1. The zero-order valence-corrected chi connectivity index (χ0v) is 12.3. The first-order valence-electron chi connectivity index (χ1n) is 7.24. The number of amides is 1. The molecule has 22 heavy (non-hydrogen) atoms. The van der Waals surface area contributed by atoms with Crippen LogP contribution in [-0.2, 0) is 17.5 Å². The van der Waals surface area contributed by atoms with E-state index in [1.165, 1.54) is 6.92 Å². The van der Waals surface area contributed by atoms with E-state index in [0.717, 1.165) is 32.2 Å². The molecule has 2 heterocycles. The smallest absolute Gasteiger partial charge is 0.356 e. The van der Waals surface area contributed by atoms with Gasteiger partial charge in [-0.05, 0) is 25.8 Å². The fraction of sp³-hybridized carbons (Fsp3) is 0.769. The van der Waals surface area contributed by atoms with Crippen LogP contribution < -0.4 is 5.32 Å². The van der Waals surface area contributed by atoms with Gasteiger partial charge in [-0.25, -0.2) is 0 Å². The molecule has 124 valence electrons. The monoisotopic (exact) mass is 320 g/mol.